The van der Waals surface area contributed by atoms with E-state index in [2.05, 4.69) is 26.8 Å². The lowest BCUT2D eigenvalue weighted by Crippen LogP contribution is -2.43. The second-order valence-corrected chi connectivity index (χ2v) is 7.48. The van der Waals surface area contributed by atoms with E-state index < -0.39 is 24.4 Å². The van der Waals surface area contributed by atoms with Crippen LogP contribution in [0, 0.1) is 0 Å². The summed E-state index contributed by atoms with van der Waals surface area (Å²) < 4.78 is 16.9. The molecule has 0 fully saturated rings. The first-order valence-corrected chi connectivity index (χ1v) is 10.6. The lowest BCUT2D eigenvalue weighted by atomic mass is 10.2. The minimum Gasteiger partial charge on any atom is -0.490 e. The summed E-state index contributed by atoms with van der Waals surface area (Å²) in [7, 11) is 0. The van der Waals surface area contributed by atoms with Crippen molar-refractivity contribution in [2.45, 2.75) is 20.3 Å². The molecule has 2 aromatic rings. The van der Waals surface area contributed by atoms with Gasteiger partial charge in [0.05, 0.1) is 23.8 Å². The number of halogens is 2. The molecule has 2 aromatic carbocycles. The van der Waals surface area contributed by atoms with E-state index in [0.29, 0.717) is 30.3 Å². The number of hydrogen-bond acceptors (Lipinski definition) is 6. The van der Waals surface area contributed by atoms with Crippen LogP contribution in [0.3, 0.4) is 0 Å². The van der Waals surface area contributed by atoms with Crippen molar-refractivity contribution in [3.63, 3.8) is 0 Å². The number of carbonyl (C=O) groups excluding carboxylic acids is 3. The minimum absolute atomic E-state index is 0.101. The standard InChI is InChI=1S/C21H22BrClN2O6/c1-3-9-30-19-16(23)10-14(11-17(19)29-4-2)21(28)31-12-18(26)24-25-20(27)13-5-7-15(22)8-6-13/h5-8,10-11H,3-4,9,12H2,1-2H3,(H,24,26)(H,25,27). The Hall–Kier alpha value is -2.78. The number of esters is 1. The van der Waals surface area contributed by atoms with Crippen LogP contribution in [-0.2, 0) is 9.53 Å². The molecule has 0 aromatic heterocycles. The van der Waals surface area contributed by atoms with Gasteiger partial charge >= 0.3 is 5.97 Å². The summed E-state index contributed by atoms with van der Waals surface area (Å²) >= 11 is 9.49. The van der Waals surface area contributed by atoms with Gasteiger partial charge in [-0.1, -0.05) is 34.5 Å². The molecule has 31 heavy (non-hydrogen) atoms. The van der Waals surface area contributed by atoms with E-state index in [9.17, 15) is 14.4 Å². The van der Waals surface area contributed by atoms with Crippen LogP contribution in [-0.4, -0.2) is 37.6 Å². The van der Waals surface area contributed by atoms with Crippen molar-refractivity contribution in [3.05, 3.63) is 57.0 Å². The maximum atomic E-state index is 12.3. The smallest absolute Gasteiger partial charge is 0.338 e. The molecular formula is C21H22BrClN2O6. The maximum absolute atomic E-state index is 12.3. The van der Waals surface area contributed by atoms with Gasteiger partial charge in [0, 0.05) is 10.0 Å². The van der Waals surface area contributed by atoms with Crippen LogP contribution in [0.15, 0.2) is 40.9 Å². The third-order valence-electron chi connectivity index (χ3n) is 3.75. The highest BCUT2D eigenvalue weighted by atomic mass is 79.9. The topological polar surface area (TPSA) is 103 Å². The van der Waals surface area contributed by atoms with Gasteiger partial charge in [-0.25, -0.2) is 4.79 Å². The molecule has 0 bridgehead atoms. The molecule has 0 saturated heterocycles. The van der Waals surface area contributed by atoms with Crippen LogP contribution >= 0.6 is 27.5 Å². The van der Waals surface area contributed by atoms with Crippen LogP contribution in [0.4, 0.5) is 0 Å². The Balaban J connectivity index is 1.92. The number of benzene rings is 2. The zero-order valence-corrected chi connectivity index (χ0v) is 19.3. The van der Waals surface area contributed by atoms with Crippen molar-refractivity contribution in [3.8, 4) is 11.5 Å². The molecule has 0 aliphatic rings. The average molecular weight is 514 g/mol. The number of nitrogens with one attached hydrogen (secondary N) is 2. The zero-order valence-electron chi connectivity index (χ0n) is 17.0. The molecule has 166 valence electrons. The molecule has 0 aliphatic carbocycles. The monoisotopic (exact) mass is 512 g/mol. The molecule has 0 atom stereocenters. The van der Waals surface area contributed by atoms with Gasteiger partial charge in [0.25, 0.3) is 11.8 Å². The maximum Gasteiger partial charge on any atom is 0.338 e. The van der Waals surface area contributed by atoms with Crippen molar-refractivity contribution >= 4 is 45.3 Å². The summed E-state index contributed by atoms with van der Waals surface area (Å²) in [4.78, 5) is 36.2. The first kappa shape index (κ1) is 24.5. The molecule has 0 radical (unpaired) electrons. The normalized spacial score (nSPS) is 10.2. The van der Waals surface area contributed by atoms with E-state index in [-0.39, 0.29) is 10.6 Å². The van der Waals surface area contributed by atoms with Gasteiger partial charge in [-0.05, 0) is 49.7 Å². The summed E-state index contributed by atoms with van der Waals surface area (Å²) in [6.07, 6.45) is 0.777. The second-order valence-electron chi connectivity index (χ2n) is 6.15. The fraction of sp³-hybridized carbons (Fsp3) is 0.286. The Labute approximate surface area is 193 Å². The number of amides is 2. The Morgan fingerprint density at radius 2 is 1.71 bits per heavy atom. The van der Waals surface area contributed by atoms with E-state index in [4.69, 9.17) is 25.8 Å². The van der Waals surface area contributed by atoms with Crippen LogP contribution < -0.4 is 20.3 Å². The lowest BCUT2D eigenvalue weighted by molar-refractivity contribution is -0.125. The summed E-state index contributed by atoms with van der Waals surface area (Å²) in [5.41, 5.74) is 4.87. The van der Waals surface area contributed by atoms with Crippen LogP contribution in [0.1, 0.15) is 41.0 Å². The molecule has 0 heterocycles. The molecule has 10 heteroatoms. The van der Waals surface area contributed by atoms with Crippen molar-refractivity contribution < 1.29 is 28.6 Å². The van der Waals surface area contributed by atoms with Gasteiger partial charge in [-0.2, -0.15) is 0 Å². The van der Waals surface area contributed by atoms with Crippen molar-refractivity contribution in [1.82, 2.24) is 10.9 Å². The van der Waals surface area contributed by atoms with E-state index in [1.54, 1.807) is 31.2 Å². The zero-order chi connectivity index (χ0) is 22.8. The van der Waals surface area contributed by atoms with E-state index in [1.165, 1.54) is 12.1 Å². The highest BCUT2D eigenvalue weighted by molar-refractivity contribution is 9.10. The Kier molecular flexibility index (Phi) is 9.61. The van der Waals surface area contributed by atoms with Gasteiger partial charge in [-0.3, -0.25) is 20.4 Å². The summed E-state index contributed by atoms with van der Waals surface area (Å²) in [5.74, 6) is -1.35. The molecule has 8 nitrogen and oxygen atoms in total. The third kappa shape index (κ3) is 7.45. The van der Waals surface area contributed by atoms with E-state index in [1.807, 2.05) is 6.92 Å². The molecule has 2 rings (SSSR count). The van der Waals surface area contributed by atoms with Gasteiger partial charge in [-0.15, -0.1) is 0 Å². The number of hydrazine groups is 1. The Bertz CT molecular complexity index is 936. The predicted molar refractivity (Wildman–Crippen MR) is 118 cm³/mol. The largest absolute Gasteiger partial charge is 0.490 e. The fourth-order valence-electron chi connectivity index (χ4n) is 2.34. The summed E-state index contributed by atoms with van der Waals surface area (Å²) in [5, 5.41) is 0.192. The highest BCUT2D eigenvalue weighted by Crippen LogP contribution is 2.37. The van der Waals surface area contributed by atoms with Gasteiger partial charge < -0.3 is 14.2 Å². The number of carbonyl (C=O) groups is 3. The van der Waals surface area contributed by atoms with Crippen molar-refractivity contribution in [1.29, 1.82) is 0 Å². The van der Waals surface area contributed by atoms with E-state index >= 15 is 0 Å². The molecule has 0 spiro atoms. The van der Waals surface area contributed by atoms with Gasteiger partial charge in [0.1, 0.15) is 0 Å². The lowest BCUT2D eigenvalue weighted by Gasteiger charge is -2.14. The van der Waals surface area contributed by atoms with Gasteiger partial charge in [0.15, 0.2) is 18.1 Å². The second kappa shape index (κ2) is 12.2. The predicted octanol–water partition coefficient (Wildman–Crippen LogP) is 3.91. The molecule has 2 N–H and O–H groups in total. The van der Waals surface area contributed by atoms with Crippen molar-refractivity contribution in [2.24, 2.45) is 0 Å². The van der Waals surface area contributed by atoms with Gasteiger partial charge in [0.2, 0.25) is 0 Å². The average Bonchev–Trinajstić information content (AvgIpc) is 2.75. The van der Waals surface area contributed by atoms with Crippen LogP contribution in [0.25, 0.3) is 0 Å². The third-order valence-corrected chi connectivity index (χ3v) is 4.56. The molecule has 0 unspecified atom stereocenters. The first-order chi connectivity index (χ1) is 14.8. The molecule has 2 amide bonds. The number of rotatable bonds is 9. The number of hydrogen-bond donors (Lipinski definition) is 2. The SMILES string of the molecule is CCCOc1c(Cl)cc(C(=O)OCC(=O)NNC(=O)c2ccc(Br)cc2)cc1OCC. The summed E-state index contributed by atoms with van der Waals surface area (Å²) in [6.45, 7) is 3.92. The fourth-order valence-corrected chi connectivity index (χ4v) is 2.87. The first-order valence-electron chi connectivity index (χ1n) is 9.46. The highest BCUT2D eigenvalue weighted by Gasteiger charge is 2.18. The Morgan fingerprint density at radius 3 is 2.35 bits per heavy atom. The van der Waals surface area contributed by atoms with E-state index in [0.717, 1.165) is 10.9 Å². The molecular weight excluding hydrogens is 492 g/mol. The minimum atomic E-state index is -0.778. The number of ether oxygens (including phenoxy) is 3. The molecule has 0 aliphatic heterocycles. The van der Waals surface area contributed by atoms with Crippen LogP contribution in [0.2, 0.25) is 5.02 Å². The quantitative estimate of drug-likeness (QED) is 0.389. The summed E-state index contributed by atoms with van der Waals surface area (Å²) in [6, 6.07) is 9.37. The van der Waals surface area contributed by atoms with Crippen LogP contribution in [0.5, 0.6) is 11.5 Å². The van der Waals surface area contributed by atoms with Crippen molar-refractivity contribution in [2.75, 3.05) is 19.8 Å². The molecule has 0 saturated carbocycles. The Morgan fingerprint density at radius 1 is 1.00 bits per heavy atom.